The van der Waals surface area contributed by atoms with E-state index in [1.54, 1.807) is 0 Å². The molecule has 0 spiro atoms. The number of ether oxygens (including phenoxy) is 1. The molecule has 0 saturated heterocycles. The molecule has 1 atom stereocenters. The van der Waals surface area contributed by atoms with E-state index in [2.05, 4.69) is 18.2 Å². The number of hydrogen-bond acceptors (Lipinski definition) is 2. The van der Waals surface area contributed by atoms with Gasteiger partial charge in [-0.25, -0.2) is 0 Å². The van der Waals surface area contributed by atoms with Crippen LogP contribution >= 0.6 is 11.6 Å². The highest BCUT2D eigenvalue weighted by Crippen LogP contribution is 2.40. The highest BCUT2D eigenvalue weighted by molar-refractivity contribution is 6.33. The van der Waals surface area contributed by atoms with E-state index in [1.165, 1.54) is 5.56 Å². The minimum atomic E-state index is 0.108. The zero-order valence-corrected chi connectivity index (χ0v) is 11.4. The van der Waals surface area contributed by atoms with Crippen molar-refractivity contribution in [3.8, 4) is 16.9 Å². The third kappa shape index (κ3) is 2.34. The van der Waals surface area contributed by atoms with Gasteiger partial charge in [0, 0.05) is 22.7 Å². The van der Waals surface area contributed by atoms with Gasteiger partial charge in [0.2, 0.25) is 0 Å². The second-order valence-electron chi connectivity index (χ2n) is 4.79. The Morgan fingerprint density at radius 3 is 2.68 bits per heavy atom. The lowest BCUT2D eigenvalue weighted by Crippen LogP contribution is -2.30. The van der Waals surface area contributed by atoms with Crippen LogP contribution in [0.4, 0.5) is 0 Å². The smallest absolute Gasteiger partial charge is 0.130 e. The second kappa shape index (κ2) is 5.24. The summed E-state index contributed by atoms with van der Waals surface area (Å²) < 4.78 is 6.04. The number of benzene rings is 2. The van der Waals surface area contributed by atoms with Crippen LogP contribution in [0, 0.1) is 0 Å². The summed E-state index contributed by atoms with van der Waals surface area (Å²) in [6.45, 7) is 0.552. The van der Waals surface area contributed by atoms with Gasteiger partial charge >= 0.3 is 0 Å². The molecule has 3 heteroatoms. The van der Waals surface area contributed by atoms with Crippen LogP contribution in [-0.2, 0) is 6.42 Å². The predicted octanol–water partition coefficient (Wildman–Crippen LogP) is 3.66. The van der Waals surface area contributed by atoms with Crippen molar-refractivity contribution >= 4 is 11.6 Å². The molecular weight excluding hydrogens is 258 g/mol. The molecule has 2 N–H and O–H groups in total. The van der Waals surface area contributed by atoms with E-state index in [0.717, 1.165) is 34.7 Å². The third-order valence-corrected chi connectivity index (χ3v) is 3.87. The summed E-state index contributed by atoms with van der Waals surface area (Å²) in [6, 6.07) is 14.1. The molecular formula is C16H16ClNO. The van der Waals surface area contributed by atoms with Gasteiger partial charge in [0.1, 0.15) is 11.9 Å². The van der Waals surface area contributed by atoms with Crippen molar-refractivity contribution in [1.82, 2.24) is 0 Å². The highest BCUT2D eigenvalue weighted by Gasteiger charge is 2.22. The van der Waals surface area contributed by atoms with E-state index >= 15 is 0 Å². The van der Waals surface area contributed by atoms with Gasteiger partial charge < -0.3 is 10.5 Å². The fraction of sp³-hybridized carbons (Fsp3) is 0.250. The maximum absolute atomic E-state index is 6.29. The van der Waals surface area contributed by atoms with Crippen LogP contribution in [-0.4, -0.2) is 12.6 Å². The van der Waals surface area contributed by atoms with E-state index in [4.69, 9.17) is 22.1 Å². The van der Waals surface area contributed by atoms with Crippen molar-refractivity contribution in [2.75, 3.05) is 6.54 Å². The zero-order valence-electron chi connectivity index (χ0n) is 10.6. The third-order valence-electron chi connectivity index (χ3n) is 3.54. The van der Waals surface area contributed by atoms with Crippen molar-refractivity contribution in [1.29, 1.82) is 0 Å². The first-order valence-electron chi connectivity index (χ1n) is 6.53. The Hall–Kier alpha value is -1.51. The van der Waals surface area contributed by atoms with E-state index in [1.807, 2.05) is 24.3 Å². The molecule has 1 aliphatic rings. The van der Waals surface area contributed by atoms with Crippen LogP contribution in [0.1, 0.15) is 12.0 Å². The summed E-state index contributed by atoms with van der Waals surface area (Å²) in [7, 11) is 0. The summed E-state index contributed by atoms with van der Waals surface area (Å²) >= 11 is 6.29. The number of rotatable bonds is 2. The van der Waals surface area contributed by atoms with Gasteiger partial charge in [0.25, 0.3) is 0 Å². The molecule has 0 bridgehead atoms. The second-order valence-corrected chi connectivity index (χ2v) is 5.20. The summed E-state index contributed by atoms with van der Waals surface area (Å²) in [5.74, 6) is 0.942. The van der Waals surface area contributed by atoms with Gasteiger partial charge in [0.05, 0.1) is 0 Å². The molecule has 2 aromatic rings. The molecule has 0 unspecified atom stereocenters. The minimum Gasteiger partial charge on any atom is -0.488 e. The van der Waals surface area contributed by atoms with Crippen LogP contribution in [0.2, 0.25) is 5.02 Å². The van der Waals surface area contributed by atoms with Crippen LogP contribution in [0.25, 0.3) is 11.1 Å². The van der Waals surface area contributed by atoms with Crippen molar-refractivity contribution < 1.29 is 4.74 Å². The number of halogens is 1. The predicted molar refractivity (Wildman–Crippen MR) is 78.7 cm³/mol. The molecule has 1 aliphatic heterocycles. The van der Waals surface area contributed by atoms with Crippen molar-refractivity contribution in [2.45, 2.75) is 18.9 Å². The number of fused-ring (bicyclic) bond motifs is 1. The van der Waals surface area contributed by atoms with E-state index in [0.29, 0.717) is 6.54 Å². The molecule has 0 radical (unpaired) electrons. The average Bonchev–Trinajstić information content (AvgIpc) is 2.47. The molecule has 98 valence electrons. The Balaban J connectivity index is 2.11. The highest BCUT2D eigenvalue weighted by atomic mass is 35.5. The Labute approximate surface area is 118 Å². The van der Waals surface area contributed by atoms with Gasteiger partial charge in [-0.2, -0.15) is 0 Å². The summed E-state index contributed by atoms with van der Waals surface area (Å²) in [5, 5.41) is 0.745. The first-order chi connectivity index (χ1) is 9.29. The SMILES string of the molecule is NC[C@H]1CCc2cccc(-c3ccccc3Cl)c2O1. The molecule has 2 nitrogen and oxygen atoms in total. The molecule has 2 aromatic carbocycles. The molecule has 19 heavy (non-hydrogen) atoms. The van der Waals surface area contributed by atoms with Crippen molar-refractivity contribution in [3.63, 3.8) is 0 Å². The molecule has 0 aliphatic carbocycles. The largest absolute Gasteiger partial charge is 0.488 e. The monoisotopic (exact) mass is 273 g/mol. The Morgan fingerprint density at radius 2 is 1.89 bits per heavy atom. The molecule has 0 fully saturated rings. The van der Waals surface area contributed by atoms with Gasteiger partial charge in [-0.15, -0.1) is 0 Å². The number of nitrogens with two attached hydrogens (primary N) is 1. The number of aryl methyl sites for hydroxylation is 1. The standard InChI is InChI=1S/C16H16ClNO/c17-15-7-2-1-5-13(15)14-6-3-4-11-8-9-12(10-18)19-16(11)14/h1-7,12H,8-10,18H2/t12-/m1/s1. The van der Waals surface area contributed by atoms with E-state index < -0.39 is 0 Å². The Kier molecular flexibility index (Phi) is 3.45. The molecule has 0 saturated carbocycles. The Morgan fingerprint density at radius 1 is 1.11 bits per heavy atom. The van der Waals surface area contributed by atoms with E-state index in [-0.39, 0.29) is 6.10 Å². The normalized spacial score (nSPS) is 17.7. The number of para-hydroxylation sites is 1. The zero-order chi connectivity index (χ0) is 13.2. The average molecular weight is 274 g/mol. The lowest BCUT2D eigenvalue weighted by Gasteiger charge is -2.27. The maximum atomic E-state index is 6.29. The first-order valence-corrected chi connectivity index (χ1v) is 6.91. The van der Waals surface area contributed by atoms with Crippen molar-refractivity contribution in [2.24, 2.45) is 5.73 Å². The molecule has 0 amide bonds. The topological polar surface area (TPSA) is 35.2 Å². The Bertz CT molecular complexity index is 597. The summed E-state index contributed by atoms with van der Waals surface area (Å²) in [6.07, 6.45) is 2.10. The van der Waals surface area contributed by atoms with Crippen LogP contribution in [0.5, 0.6) is 5.75 Å². The minimum absolute atomic E-state index is 0.108. The molecule has 0 aromatic heterocycles. The maximum Gasteiger partial charge on any atom is 0.130 e. The lowest BCUT2D eigenvalue weighted by atomic mass is 9.95. The quantitative estimate of drug-likeness (QED) is 0.906. The fourth-order valence-corrected chi connectivity index (χ4v) is 2.76. The fourth-order valence-electron chi connectivity index (χ4n) is 2.52. The van der Waals surface area contributed by atoms with Crippen LogP contribution in [0.15, 0.2) is 42.5 Å². The van der Waals surface area contributed by atoms with E-state index in [9.17, 15) is 0 Å². The van der Waals surface area contributed by atoms with Gasteiger partial charge in [-0.1, -0.05) is 48.0 Å². The van der Waals surface area contributed by atoms with Gasteiger partial charge in [-0.3, -0.25) is 0 Å². The van der Waals surface area contributed by atoms with Gasteiger partial charge in [-0.05, 0) is 24.5 Å². The molecule has 3 rings (SSSR count). The van der Waals surface area contributed by atoms with Crippen LogP contribution < -0.4 is 10.5 Å². The van der Waals surface area contributed by atoms with Crippen molar-refractivity contribution in [3.05, 3.63) is 53.1 Å². The lowest BCUT2D eigenvalue weighted by molar-refractivity contribution is 0.182. The molecule has 1 heterocycles. The summed E-state index contributed by atoms with van der Waals surface area (Å²) in [5.41, 5.74) is 9.04. The summed E-state index contributed by atoms with van der Waals surface area (Å²) in [4.78, 5) is 0. The van der Waals surface area contributed by atoms with Crippen LogP contribution in [0.3, 0.4) is 0 Å². The van der Waals surface area contributed by atoms with Gasteiger partial charge in [0.15, 0.2) is 0 Å². The number of hydrogen-bond donors (Lipinski definition) is 1. The first kappa shape index (κ1) is 12.5.